The summed E-state index contributed by atoms with van der Waals surface area (Å²) in [6.07, 6.45) is 9.14. The fourth-order valence-electron chi connectivity index (χ4n) is 5.25. The van der Waals surface area contributed by atoms with Crippen LogP contribution in [0.2, 0.25) is 0 Å². The molecule has 0 aliphatic carbocycles. The SMILES string of the molecule is CC(C)c1cc(-c2cc(C(C)C)c(N=CCc3ccccn3)c(C(C)C)c2)cc(C(C)C)c1N=CCc1ccccn1.Cl.Cl.Cl.Cl.[Cu].[Cu]. The molecule has 48 heavy (non-hydrogen) atoms. The summed E-state index contributed by atoms with van der Waals surface area (Å²) in [5, 5.41) is 0. The number of benzene rings is 2. The maximum absolute atomic E-state index is 5.05. The maximum atomic E-state index is 5.05. The standard InChI is InChI=1S/C38H46N4.4ClH.2Cu/c1-25(2)33-21-29(22-34(26(3)4)37(33)41-19-15-31-13-9-11-17-39-31)30-23-35(27(5)6)38(36(24-30)28(7)8)42-20-16-32-14-10-12-18-40-32;;;;;;/h9-14,17-28H,15-16H2,1-8H3;4*1H;;. The van der Waals surface area contributed by atoms with E-state index in [9.17, 15) is 0 Å². The summed E-state index contributed by atoms with van der Waals surface area (Å²) in [5.41, 5.74) is 11.9. The Morgan fingerprint density at radius 2 is 0.792 bits per heavy atom. The Morgan fingerprint density at radius 3 is 1.02 bits per heavy atom. The van der Waals surface area contributed by atoms with Crippen molar-refractivity contribution in [2.75, 3.05) is 0 Å². The molecule has 2 aromatic heterocycles. The van der Waals surface area contributed by atoms with Gasteiger partial charge in [0.2, 0.25) is 0 Å². The molecule has 0 bridgehead atoms. The van der Waals surface area contributed by atoms with E-state index < -0.39 is 0 Å². The first-order valence-electron chi connectivity index (χ1n) is 15.4. The number of pyridine rings is 2. The summed E-state index contributed by atoms with van der Waals surface area (Å²) >= 11 is 0. The number of nitrogens with zero attached hydrogens (tertiary/aromatic N) is 4. The molecule has 0 spiro atoms. The molecule has 4 nitrogen and oxygen atoms in total. The zero-order valence-corrected chi connectivity index (χ0v) is 34.0. The van der Waals surface area contributed by atoms with Gasteiger partial charge in [0.1, 0.15) is 0 Å². The van der Waals surface area contributed by atoms with Crippen LogP contribution in [0.25, 0.3) is 11.1 Å². The van der Waals surface area contributed by atoms with Crippen LogP contribution >= 0.6 is 49.6 Å². The number of aliphatic imine (C=N–C) groups is 2. The number of aromatic nitrogens is 2. The third-order valence-corrected chi connectivity index (χ3v) is 7.65. The topological polar surface area (TPSA) is 50.5 Å². The normalized spacial score (nSPS) is 10.7. The van der Waals surface area contributed by atoms with E-state index in [0.717, 1.165) is 35.6 Å². The zero-order valence-electron chi connectivity index (χ0n) is 28.8. The van der Waals surface area contributed by atoms with Crippen LogP contribution in [-0.4, -0.2) is 22.4 Å². The third-order valence-electron chi connectivity index (χ3n) is 7.65. The summed E-state index contributed by atoms with van der Waals surface area (Å²) in [7, 11) is 0. The fraction of sp³-hybridized carbons (Fsp3) is 0.368. The van der Waals surface area contributed by atoms with Gasteiger partial charge < -0.3 is 0 Å². The number of hydrogen-bond donors (Lipinski definition) is 0. The average molecular weight is 832 g/mol. The van der Waals surface area contributed by atoms with Crippen LogP contribution in [0.4, 0.5) is 11.4 Å². The average Bonchev–Trinajstić information content (AvgIpc) is 2.97. The molecule has 0 saturated carbocycles. The van der Waals surface area contributed by atoms with Gasteiger partial charge in [0.05, 0.1) is 11.4 Å². The van der Waals surface area contributed by atoms with E-state index in [1.165, 1.54) is 33.4 Å². The van der Waals surface area contributed by atoms with Crippen molar-refractivity contribution in [3.63, 3.8) is 0 Å². The van der Waals surface area contributed by atoms with Gasteiger partial charge >= 0.3 is 0 Å². The van der Waals surface area contributed by atoms with Gasteiger partial charge in [-0.3, -0.25) is 20.0 Å². The molecule has 0 unspecified atom stereocenters. The summed E-state index contributed by atoms with van der Waals surface area (Å²) < 4.78 is 0. The van der Waals surface area contributed by atoms with Crippen molar-refractivity contribution < 1.29 is 34.1 Å². The quantitative estimate of drug-likeness (QED) is 0.112. The van der Waals surface area contributed by atoms with Crippen molar-refractivity contribution >= 4 is 73.4 Å². The smallest absolute Gasteiger partial charge is 0.0695 e. The first-order chi connectivity index (χ1) is 20.2. The summed E-state index contributed by atoms with van der Waals surface area (Å²) in [5.74, 6) is 1.37. The Hall–Kier alpha value is -1.72. The summed E-state index contributed by atoms with van der Waals surface area (Å²) in [4.78, 5) is 19.0. The van der Waals surface area contributed by atoms with Gasteiger partial charge in [-0.05, 0) is 106 Å². The van der Waals surface area contributed by atoms with E-state index in [1.54, 1.807) is 0 Å². The molecule has 272 valence electrons. The van der Waals surface area contributed by atoms with Gasteiger partial charge in [0.25, 0.3) is 0 Å². The molecule has 0 aliphatic heterocycles. The Kier molecular flexibility index (Phi) is 25.8. The van der Waals surface area contributed by atoms with Crippen molar-refractivity contribution in [2.45, 2.75) is 91.9 Å². The molecule has 2 heterocycles. The van der Waals surface area contributed by atoms with Crippen molar-refractivity contribution in [2.24, 2.45) is 9.98 Å². The van der Waals surface area contributed by atoms with E-state index in [-0.39, 0.29) is 83.8 Å². The predicted molar refractivity (Wildman–Crippen MR) is 209 cm³/mol. The van der Waals surface area contributed by atoms with Gasteiger partial charge in [-0.2, -0.15) is 0 Å². The van der Waals surface area contributed by atoms with E-state index in [0.29, 0.717) is 23.7 Å². The monoisotopic (exact) mass is 828 g/mol. The van der Waals surface area contributed by atoms with Crippen LogP contribution in [-0.2, 0) is 47.0 Å². The van der Waals surface area contributed by atoms with Gasteiger partial charge in [0, 0.05) is 83.2 Å². The van der Waals surface area contributed by atoms with Crippen molar-refractivity contribution in [3.8, 4) is 11.1 Å². The van der Waals surface area contributed by atoms with Gasteiger partial charge in [-0.15, -0.1) is 49.6 Å². The maximum Gasteiger partial charge on any atom is 0.0695 e. The van der Waals surface area contributed by atoms with Gasteiger partial charge in [-0.1, -0.05) is 67.5 Å². The zero-order chi connectivity index (χ0) is 30.2. The second kappa shape index (κ2) is 24.4. The molecule has 2 radical (unpaired) electrons. The van der Waals surface area contributed by atoms with Crippen LogP contribution < -0.4 is 0 Å². The largest absolute Gasteiger partial charge is 0.261 e. The molecule has 10 heteroatoms. The van der Waals surface area contributed by atoms with E-state index in [4.69, 9.17) is 9.98 Å². The van der Waals surface area contributed by atoms with Crippen LogP contribution in [0.1, 0.15) is 113 Å². The minimum atomic E-state index is 0. The number of halogens is 4. The van der Waals surface area contributed by atoms with Crippen LogP contribution in [0.15, 0.2) is 83.0 Å². The van der Waals surface area contributed by atoms with Crippen molar-refractivity contribution in [3.05, 3.63) is 107 Å². The Labute approximate surface area is 334 Å². The van der Waals surface area contributed by atoms with Crippen LogP contribution in [0, 0.1) is 0 Å². The first-order valence-corrected chi connectivity index (χ1v) is 15.4. The molecule has 2 aromatic carbocycles. The molecule has 0 saturated heterocycles. The second-order valence-corrected chi connectivity index (χ2v) is 12.3. The fourth-order valence-corrected chi connectivity index (χ4v) is 5.25. The van der Waals surface area contributed by atoms with Gasteiger partial charge in [-0.25, -0.2) is 0 Å². The number of rotatable bonds is 11. The van der Waals surface area contributed by atoms with Gasteiger partial charge in [0.15, 0.2) is 0 Å². The molecular weight excluding hydrogens is 781 g/mol. The molecule has 0 atom stereocenters. The third kappa shape index (κ3) is 13.5. The van der Waals surface area contributed by atoms with Crippen LogP contribution in [0.3, 0.4) is 0 Å². The minimum absolute atomic E-state index is 0. The summed E-state index contributed by atoms with van der Waals surface area (Å²) in [6.45, 7) is 18.1. The first kappa shape index (κ1) is 50.7. The molecule has 0 aliphatic rings. The molecule has 0 fully saturated rings. The van der Waals surface area contributed by atoms with Crippen molar-refractivity contribution in [1.82, 2.24) is 9.97 Å². The molecule has 0 N–H and O–H groups in total. The number of hydrogen-bond acceptors (Lipinski definition) is 4. The molecule has 4 aromatic rings. The second-order valence-electron chi connectivity index (χ2n) is 12.3. The van der Waals surface area contributed by atoms with E-state index >= 15 is 0 Å². The Bertz CT molecular complexity index is 1370. The van der Waals surface area contributed by atoms with Crippen molar-refractivity contribution in [1.29, 1.82) is 0 Å². The Morgan fingerprint density at radius 1 is 0.500 bits per heavy atom. The Balaban J connectivity index is -0.00000337. The molecule has 0 amide bonds. The van der Waals surface area contributed by atoms with E-state index in [1.807, 2.05) is 61.2 Å². The van der Waals surface area contributed by atoms with Crippen LogP contribution in [0.5, 0.6) is 0 Å². The molecular formula is C38H50Cl4Cu2N4. The molecule has 4 rings (SSSR count). The minimum Gasteiger partial charge on any atom is -0.261 e. The summed E-state index contributed by atoms with van der Waals surface area (Å²) in [6, 6.07) is 21.5. The predicted octanol–water partition coefficient (Wildman–Crippen LogP) is 12.2. The van der Waals surface area contributed by atoms with E-state index in [2.05, 4.69) is 89.6 Å².